The van der Waals surface area contributed by atoms with Crippen molar-refractivity contribution in [3.63, 3.8) is 0 Å². The number of carbonyl (C=O) groups is 1. The number of β-amino-alcohol motifs (C(OH)–C–C–N with tert-alkyl or cyclic N) is 1. The van der Waals surface area contributed by atoms with Crippen LogP contribution in [0.2, 0.25) is 5.02 Å². The second kappa shape index (κ2) is 12.8. The number of likely N-dealkylation sites (tertiary alicyclic amines) is 1. The van der Waals surface area contributed by atoms with E-state index in [1.165, 1.54) is 13.3 Å². The van der Waals surface area contributed by atoms with Crippen LogP contribution in [0.1, 0.15) is 40.3 Å². The third-order valence-electron chi connectivity index (χ3n) is 7.68. The van der Waals surface area contributed by atoms with E-state index in [0.29, 0.717) is 64.4 Å². The third kappa shape index (κ3) is 6.17. The van der Waals surface area contributed by atoms with Crippen LogP contribution < -0.4 is 10.1 Å². The minimum absolute atomic E-state index is 0.0764. The number of benzene rings is 2. The summed E-state index contributed by atoms with van der Waals surface area (Å²) in [6, 6.07) is 12.7. The number of alkyl halides is 2. The molecule has 0 saturated carbocycles. The largest absolute Gasteiger partial charge is 0.479 e. The van der Waals surface area contributed by atoms with Gasteiger partial charge >= 0.3 is 0 Å². The summed E-state index contributed by atoms with van der Waals surface area (Å²) in [6.45, 7) is 3.70. The number of nitrogens with one attached hydrogen (secondary N) is 1. The maximum atomic E-state index is 13.9. The SMILES string of the molecule is COc1nc(-c2cccc(-c3cccc(Nc4nc(C(F)F)nc5cc(CN6CC[C@@H](O)C6)cnc45)c3C)c2Cl)cnc1C=O. The normalized spacial score (nSPS) is 15.1. The molecule has 0 bridgehead atoms. The molecule has 0 radical (unpaired) electrons. The molecule has 0 spiro atoms. The van der Waals surface area contributed by atoms with Crippen molar-refractivity contribution in [2.24, 2.45) is 0 Å². The van der Waals surface area contributed by atoms with Crippen LogP contribution in [-0.2, 0) is 6.54 Å². The van der Waals surface area contributed by atoms with Gasteiger partial charge in [0.15, 0.2) is 23.6 Å². The molecule has 230 valence electrons. The highest BCUT2D eigenvalue weighted by atomic mass is 35.5. The number of aliphatic hydroxyl groups excluding tert-OH is 1. The molecule has 3 aromatic heterocycles. The van der Waals surface area contributed by atoms with E-state index in [4.69, 9.17) is 16.3 Å². The molecule has 1 aliphatic heterocycles. The average molecular weight is 632 g/mol. The monoisotopic (exact) mass is 631 g/mol. The molecule has 0 unspecified atom stereocenters. The molecule has 45 heavy (non-hydrogen) atoms. The van der Waals surface area contributed by atoms with E-state index >= 15 is 0 Å². The molecule has 0 amide bonds. The average Bonchev–Trinajstić information content (AvgIpc) is 3.45. The van der Waals surface area contributed by atoms with Crippen molar-refractivity contribution >= 4 is 40.4 Å². The van der Waals surface area contributed by atoms with Crippen molar-refractivity contribution in [2.75, 3.05) is 25.5 Å². The summed E-state index contributed by atoms with van der Waals surface area (Å²) in [5, 5.41) is 13.5. The fraction of sp³-hybridized carbons (Fsp3) is 0.250. The van der Waals surface area contributed by atoms with Gasteiger partial charge in [0.2, 0.25) is 5.88 Å². The van der Waals surface area contributed by atoms with Crippen LogP contribution >= 0.6 is 11.6 Å². The molecule has 4 heterocycles. The number of aliphatic hydroxyl groups is 1. The van der Waals surface area contributed by atoms with Gasteiger partial charge < -0.3 is 15.2 Å². The molecular formula is C32H28ClF2N7O3. The van der Waals surface area contributed by atoms with Gasteiger partial charge in [0, 0.05) is 42.6 Å². The maximum absolute atomic E-state index is 13.9. The van der Waals surface area contributed by atoms with E-state index in [1.54, 1.807) is 18.3 Å². The summed E-state index contributed by atoms with van der Waals surface area (Å²) in [6.07, 6.45) is 1.13. The lowest BCUT2D eigenvalue weighted by molar-refractivity contribution is 0.111. The summed E-state index contributed by atoms with van der Waals surface area (Å²) in [5.74, 6) is -0.374. The quantitative estimate of drug-likeness (QED) is 0.182. The summed E-state index contributed by atoms with van der Waals surface area (Å²) >= 11 is 6.92. The predicted molar refractivity (Wildman–Crippen MR) is 166 cm³/mol. The predicted octanol–water partition coefficient (Wildman–Crippen LogP) is 6.18. The first-order chi connectivity index (χ1) is 21.7. The van der Waals surface area contributed by atoms with Gasteiger partial charge in [-0.15, -0.1) is 0 Å². The number of carbonyl (C=O) groups excluding carboxylic acids is 1. The van der Waals surface area contributed by atoms with Crippen LogP contribution in [-0.4, -0.2) is 67.5 Å². The van der Waals surface area contributed by atoms with Crippen molar-refractivity contribution in [1.82, 2.24) is 29.8 Å². The lowest BCUT2D eigenvalue weighted by atomic mass is 9.96. The molecule has 1 saturated heterocycles. The zero-order chi connectivity index (χ0) is 31.7. The number of hydrogen-bond acceptors (Lipinski definition) is 10. The van der Waals surface area contributed by atoms with E-state index in [0.717, 1.165) is 23.2 Å². The van der Waals surface area contributed by atoms with Crippen molar-refractivity contribution in [3.8, 4) is 28.3 Å². The fourth-order valence-corrected chi connectivity index (χ4v) is 5.76. The smallest absolute Gasteiger partial charge is 0.297 e. The number of halogens is 3. The summed E-state index contributed by atoms with van der Waals surface area (Å²) in [5.41, 5.74) is 5.41. The number of hydrogen-bond donors (Lipinski definition) is 2. The molecule has 5 aromatic rings. The molecule has 6 rings (SSSR count). The van der Waals surface area contributed by atoms with Gasteiger partial charge in [-0.3, -0.25) is 14.7 Å². The minimum atomic E-state index is -2.89. The molecule has 10 nitrogen and oxygen atoms in total. The van der Waals surface area contributed by atoms with Crippen molar-refractivity contribution in [1.29, 1.82) is 0 Å². The molecule has 0 aliphatic carbocycles. The number of aldehydes is 1. The van der Waals surface area contributed by atoms with Gasteiger partial charge in [0.1, 0.15) is 5.52 Å². The Morgan fingerprint density at radius 3 is 2.62 bits per heavy atom. The van der Waals surface area contributed by atoms with Gasteiger partial charge in [0.05, 0.1) is 35.6 Å². The van der Waals surface area contributed by atoms with Crippen LogP contribution in [0.5, 0.6) is 5.88 Å². The number of ether oxygens (including phenoxy) is 1. The Morgan fingerprint density at radius 1 is 1.11 bits per heavy atom. The number of rotatable bonds is 9. The number of methoxy groups -OCH3 is 1. The van der Waals surface area contributed by atoms with Gasteiger partial charge in [-0.2, -0.15) is 0 Å². The van der Waals surface area contributed by atoms with Gasteiger partial charge in [-0.05, 0) is 42.2 Å². The molecular weight excluding hydrogens is 604 g/mol. The van der Waals surface area contributed by atoms with E-state index in [1.807, 2.05) is 37.3 Å². The lowest BCUT2D eigenvalue weighted by Crippen LogP contribution is -2.21. The van der Waals surface area contributed by atoms with E-state index in [-0.39, 0.29) is 23.5 Å². The molecule has 2 aromatic carbocycles. The molecule has 1 fully saturated rings. The van der Waals surface area contributed by atoms with Crippen LogP contribution in [0, 0.1) is 6.92 Å². The number of aromatic nitrogens is 5. The van der Waals surface area contributed by atoms with E-state index < -0.39 is 12.2 Å². The standard InChI is InChI=1S/C32H28ClF2N7O3/c1-17-20(21-6-3-7-22(27(21)33)25-13-36-26(16-43)32(40-25)45-2)5-4-8-23(17)38-30-28-24(39-31(41-30)29(34)35)11-18(12-37-28)14-42-10-9-19(44)15-42/h3-8,11-13,16,19,29,44H,9-10,14-15H2,1-2H3,(H,38,39,41)/t19-/m1/s1. The Balaban J connectivity index is 1.36. The van der Waals surface area contributed by atoms with Gasteiger partial charge in [0.25, 0.3) is 6.43 Å². The fourth-order valence-electron chi connectivity index (χ4n) is 5.43. The number of pyridine rings is 1. The topological polar surface area (TPSA) is 126 Å². The summed E-state index contributed by atoms with van der Waals surface area (Å²) < 4.78 is 33.0. The van der Waals surface area contributed by atoms with Crippen LogP contribution in [0.3, 0.4) is 0 Å². The zero-order valence-corrected chi connectivity index (χ0v) is 25.1. The highest BCUT2D eigenvalue weighted by molar-refractivity contribution is 6.36. The number of fused-ring (bicyclic) bond motifs is 1. The van der Waals surface area contributed by atoms with E-state index in [2.05, 4.69) is 35.1 Å². The Hall–Kier alpha value is -4.65. The second-order valence-corrected chi connectivity index (χ2v) is 11.0. The van der Waals surface area contributed by atoms with Crippen molar-refractivity contribution in [2.45, 2.75) is 32.4 Å². The van der Waals surface area contributed by atoms with E-state index in [9.17, 15) is 18.7 Å². The Kier molecular flexibility index (Phi) is 8.61. The number of nitrogens with zero attached hydrogens (tertiary/aromatic N) is 6. The maximum Gasteiger partial charge on any atom is 0.297 e. The van der Waals surface area contributed by atoms with Crippen LogP contribution in [0.4, 0.5) is 20.3 Å². The summed E-state index contributed by atoms with van der Waals surface area (Å²) in [4.78, 5) is 34.7. The highest BCUT2D eigenvalue weighted by Crippen LogP contribution is 2.39. The first-order valence-electron chi connectivity index (χ1n) is 14.1. The van der Waals surface area contributed by atoms with Crippen molar-refractivity contribution in [3.05, 3.63) is 82.5 Å². The summed E-state index contributed by atoms with van der Waals surface area (Å²) in [7, 11) is 1.40. The Morgan fingerprint density at radius 2 is 1.89 bits per heavy atom. The van der Waals surface area contributed by atoms with Crippen molar-refractivity contribution < 1.29 is 23.4 Å². The zero-order valence-electron chi connectivity index (χ0n) is 24.3. The lowest BCUT2D eigenvalue weighted by Gasteiger charge is -2.17. The van der Waals surface area contributed by atoms with Crippen LogP contribution in [0.25, 0.3) is 33.4 Å². The van der Waals surface area contributed by atoms with Gasteiger partial charge in [-0.25, -0.2) is 28.7 Å². The highest BCUT2D eigenvalue weighted by Gasteiger charge is 2.22. The third-order valence-corrected chi connectivity index (χ3v) is 8.09. The number of anilines is 2. The first-order valence-corrected chi connectivity index (χ1v) is 14.5. The molecule has 13 heteroatoms. The molecule has 1 aliphatic rings. The minimum Gasteiger partial charge on any atom is -0.479 e. The first kappa shape index (κ1) is 30.4. The molecule has 1 atom stereocenters. The van der Waals surface area contributed by atoms with Crippen LogP contribution in [0.15, 0.2) is 54.9 Å². The molecule has 2 N–H and O–H groups in total. The van der Waals surface area contributed by atoms with Gasteiger partial charge in [-0.1, -0.05) is 41.9 Å². The second-order valence-electron chi connectivity index (χ2n) is 10.7. The Labute approximate surface area is 262 Å². The Bertz CT molecular complexity index is 1910.